The standard InChI is InChI=1S/C21H27N3O4S/c1-15(2)13-18-14-28-21(25)24(18)17-8-11-23(12-9-17)29(26,27)19-7-3-5-16-6-4-10-22-20(16)19/h3-7,10,15,17-18H,8-9,11-14H2,1-2H3. The maximum absolute atomic E-state index is 13.3. The molecule has 29 heavy (non-hydrogen) atoms. The van der Waals surface area contributed by atoms with E-state index in [4.69, 9.17) is 4.74 Å². The van der Waals surface area contributed by atoms with Crippen molar-refractivity contribution in [1.29, 1.82) is 0 Å². The minimum Gasteiger partial charge on any atom is -0.447 e. The number of carbonyl (C=O) groups is 1. The molecule has 3 heterocycles. The van der Waals surface area contributed by atoms with E-state index in [-0.39, 0.29) is 23.1 Å². The Balaban J connectivity index is 1.51. The number of amides is 1. The summed E-state index contributed by atoms with van der Waals surface area (Å²) in [4.78, 5) is 18.7. The molecule has 2 aromatic rings. The normalized spacial score (nSPS) is 21.8. The third-order valence-electron chi connectivity index (χ3n) is 5.78. The number of sulfonamides is 1. The Bertz CT molecular complexity index is 995. The van der Waals surface area contributed by atoms with Gasteiger partial charge >= 0.3 is 6.09 Å². The predicted octanol–water partition coefficient (Wildman–Crippen LogP) is 3.25. The van der Waals surface area contributed by atoms with Gasteiger partial charge in [-0.3, -0.25) is 9.88 Å². The number of carbonyl (C=O) groups excluding carboxylic acids is 1. The Kier molecular flexibility index (Phi) is 5.48. The molecule has 8 heteroatoms. The quantitative estimate of drug-likeness (QED) is 0.746. The van der Waals surface area contributed by atoms with Crippen molar-refractivity contribution in [2.24, 2.45) is 5.92 Å². The molecular weight excluding hydrogens is 390 g/mol. The Hall–Kier alpha value is -2.19. The molecule has 0 radical (unpaired) electrons. The predicted molar refractivity (Wildman–Crippen MR) is 110 cm³/mol. The number of para-hydroxylation sites is 1. The lowest BCUT2D eigenvalue weighted by molar-refractivity contribution is 0.121. The van der Waals surface area contributed by atoms with E-state index >= 15 is 0 Å². The van der Waals surface area contributed by atoms with Crippen LogP contribution >= 0.6 is 0 Å². The summed E-state index contributed by atoms with van der Waals surface area (Å²) < 4.78 is 33.4. The maximum atomic E-state index is 13.3. The van der Waals surface area contributed by atoms with Crippen molar-refractivity contribution in [3.8, 4) is 0 Å². The molecule has 0 bridgehead atoms. The van der Waals surface area contributed by atoms with Crippen molar-refractivity contribution < 1.29 is 17.9 Å². The fourth-order valence-electron chi connectivity index (χ4n) is 4.43. The number of hydrogen-bond acceptors (Lipinski definition) is 5. The number of benzene rings is 1. The number of aromatic nitrogens is 1. The third-order valence-corrected chi connectivity index (χ3v) is 7.71. The molecule has 2 saturated heterocycles. The molecule has 1 unspecified atom stereocenters. The molecule has 0 N–H and O–H groups in total. The van der Waals surface area contributed by atoms with Crippen molar-refractivity contribution in [2.45, 2.75) is 50.1 Å². The van der Waals surface area contributed by atoms with Crippen LogP contribution in [0.5, 0.6) is 0 Å². The number of piperidine rings is 1. The summed E-state index contributed by atoms with van der Waals surface area (Å²) in [5, 5.41) is 0.805. The van der Waals surface area contributed by atoms with Gasteiger partial charge in [-0.25, -0.2) is 13.2 Å². The number of rotatable bonds is 5. The van der Waals surface area contributed by atoms with Crippen molar-refractivity contribution in [3.05, 3.63) is 36.5 Å². The van der Waals surface area contributed by atoms with Crippen molar-refractivity contribution in [1.82, 2.24) is 14.2 Å². The van der Waals surface area contributed by atoms with Gasteiger partial charge in [-0.05, 0) is 37.3 Å². The second-order valence-electron chi connectivity index (χ2n) is 8.23. The SMILES string of the molecule is CC(C)CC1COC(=O)N1C1CCN(S(=O)(=O)c2cccc3cccnc23)CC1. The van der Waals surface area contributed by atoms with Crippen LogP contribution < -0.4 is 0 Å². The average molecular weight is 418 g/mol. The minimum absolute atomic E-state index is 0.0193. The lowest BCUT2D eigenvalue weighted by atomic mass is 9.99. The number of fused-ring (bicyclic) bond motifs is 1. The second-order valence-corrected chi connectivity index (χ2v) is 10.1. The second kappa shape index (κ2) is 7.91. The highest BCUT2D eigenvalue weighted by molar-refractivity contribution is 7.89. The van der Waals surface area contributed by atoms with Crippen molar-refractivity contribution in [3.63, 3.8) is 0 Å². The summed E-state index contributed by atoms with van der Waals surface area (Å²) in [6, 6.07) is 8.99. The van der Waals surface area contributed by atoms with Gasteiger partial charge in [0.1, 0.15) is 11.5 Å². The van der Waals surface area contributed by atoms with Gasteiger partial charge in [-0.1, -0.05) is 32.0 Å². The molecule has 0 saturated carbocycles. The average Bonchev–Trinajstić information content (AvgIpc) is 3.07. The van der Waals surface area contributed by atoms with Gasteiger partial charge < -0.3 is 4.74 Å². The highest BCUT2D eigenvalue weighted by atomic mass is 32.2. The lowest BCUT2D eigenvalue weighted by Crippen LogP contribution is -2.50. The van der Waals surface area contributed by atoms with Crippen LogP contribution in [0.3, 0.4) is 0 Å². The fraction of sp³-hybridized carbons (Fsp3) is 0.524. The van der Waals surface area contributed by atoms with Crippen LogP contribution in [0.25, 0.3) is 10.9 Å². The molecule has 7 nitrogen and oxygen atoms in total. The van der Waals surface area contributed by atoms with E-state index in [9.17, 15) is 13.2 Å². The summed E-state index contributed by atoms with van der Waals surface area (Å²) in [6.07, 6.45) is 3.46. The van der Waals surface area contributed by atoms with E-state index in [0.29, 0.717) is 44.0 Å². The van der Waals surface area contributed by atoms with Crippen LogP contribution in [0.2, 0.25) is 0 Å². The summed E-state index contributed by atoms with van der Waals surface area (Å²) >= 11 is 0. The smallest absolute Gasteiger partial charge is 0.410 e. The van der Waals surface area contributed by atoms with E-state index in [1.54, 1.807) is 24.4 Å². The summed E-state index contributed by atoms with van der Waals surface area (Å²) in [7, 11) is -3.65. The third kappa shape index (κ3) is 3.83. The first-order valence-corrected chi connectivity index (χ1v) is 11.6. The molecule has 4 rings (SSSR count). The molecule has 2 fully saturated rings. The van der Waals surface area contributed by atoms with Gasteiger partial charge in [-0.15, -0.1) is 0 Å². The molecule has 156 valence electrons. The number of nitrogens with zero attached hydrogens (tertiary/aromatic N) is 3. The summed E-state index contributed by atoms with van der Waals surface area (Å²) in [5.41, 5.74) is 0.497. The van der Waals surface area contributed by atoms with Gasteiger partial charge in [0.25, 0.3) is 0 Å². The Morgan fingerprint density at radius 2 is 1.90 bits per heavy atom. The molecule has 0 spiro atoms. The van der Waals surface area contributed by atoms with E-state index in [1.807, 2.05) is 17.0 Å². The van der Waals surface area contributed by atoms with Crippen LogP contribution in [0, 0.1) is 5.92 Å². The van der Waals surface area contributed by atoms with Gasteiger partial charge in [0, 0.05) is 30.7 Å². The number of ether oxygens (including phenoxy) is 1. The minimum atomic E-state index is -3.65. The van der Waals surface area contributed by atoms with Crippen LogP contribution in [-0.2, 0) is 14.8 Å². The Morgan fingerprint density at radius 1 is 1.17 bits per heavy atom. The van der Waals surface area contributed by atoms with Crippen LogP contribution in [0.4, 0.5) is 4.79 Å². The van der Waals surface area contributed by atoms with Crippen LogP contribution in [0.1, 0.15) is 33.1 Å². The Labute approximate surface area is 171 Å². The number of pyridine rings is 1. The molecule has 1 aromatic carbocycles. The summed E-state index contributed by atoms with van der Waals surface area (Å²) in [6.45, 7) is 5.46. The first-order chi connectivity index (χ1) is 13.9. The van der Waals surface area contributed by atoms with E-state index in [0.717, 1.165) is 11.8 Å². The molecule has 2 aliphatic heterocycles. The monoisotopic (exact) mass is 417 g/mol. The maximum Gasteiger partial charge on any atom is 0.410 e. The zero-order valence-corrected chi connectivity index (χ0v) is 17.6. The van der Waals surface area contributed by atoms with Gasteiger partial charge in [-0.2, -0.15) is 4.31 Å². The Morgan fingerprint density at radius 3 is 2.62 bits per heavy atom. The van der Waals surface area contributed by atoms with Crippen LogP contribution in [-0.4, -0.2) is 60.5 Å². The highest BCUT2D eigenvalue weighted by Crippen LogP contribution is 2.30. The molecule has 0 aliphatic carbocycles. The molecule has 1 aromatic heterocycles. The van der Waals surface area contributed by atoms with Crippen LogP contribution in [0.15, 0.2) is 41.4 Å². The van der Waals surface area contributed by atoms with Crippen molar-refractivity contribution >= 4 is 27.0 Å². The largest absolute Gasteiger partial charge is 0.447 e. The summed E-state index contributed by atoms with van der Waals surface area (Å²) in [5.74, 6) is 0.469. The molecule has 1 atom stereocenters. The molecular formula is C21H27N3O4S. The fourth-order valence-corrected chi connectivity index (χ4v) is 6.06. The number of cyclic esters (lactones) is 1. The zero-order valence-electron chi connectivity index (χ0n) is 16.8. The first kappa shape index (κ1) is 20.1. The highest BCUT2D eigenvalue weighted by Gasteiger charge is 2.41. The molecule has 2 aliphatic rings. The van der Waals surface area contributed by atoms with Gasteiger partial charge in [0.15, 0.2) is 0 Å². The van der Waals surface area contributed by atoms with E-state index < -0.39 is 10.0 Å². The van der Waals surface area contributed by atoms with E-state index in [1.165, 1.54) is 4.31 Å². The molecule has 1 amide bonds. The van der Waals surface area contributed by atoms with Gasteiger partial charge in [0.2, 0.25) is 10.0 Å². The number of hydrogen-bond donors (Lipinski definition) is 0. The van der Waals surface area contributed by atoms with E-state index in [2.05, 4.69) is 18.8 Å². The zero-order chi connectivity index (χ0) is 20.6. The lowest BCUT2D eigenvalue weighted by Gasteiger charge is -2.37. The first-order valence-electron chi connectivity index (χ1n) is 10.2. The topological polar surface area (TPSA) is 79.8 Å². The van der Waals surface area contributed by atoms with Crippen molar-refractivity contribution in [2.75, 3.05) is 19.7 Å². The van der Waals surface area contributed by atoms with Gasteiger partial charge in [0.05, 0.1) is 11.6 Å².